The Morgan fingerprint density at radius 1 is 1.27 bits per heavy atom. The van der Waals surface area contributed by atoms with E-state index in [1.54, 1.807) is 0 Å². The summed E-state index contributed by atoms with van der Waals surface area (Å²) in [5.41, 5.74) is 3.22. The minimum atomic E-state index is 0.121. The van der Waals surface area contributed by atoms with Gasteiger partial charge in [0.25, 0.3) is 5.91 Å². The summed E-state index contributed by atoms with van der Waals surface area (Å²) in [5.74, 6) is 0.121. The number of hydrogen-bond acceptors (Lipinski definition) is 2. The van der Waals surface area contributed by atoms with Crippen LogP contribution >= 0.6 is 11.3 Å². The first-order valence-corrected chi connectivity index (χ1v) is 8.77. The summed E-state index contributed by atoms with van der Waals surface area (Å²) in [6, 6.07) is 10.9. The molecule has 4 heteroatoms. The predicted octanol–water partition coefficient (Wildman–Crippen LogP) is 2.72. The highest BCUT2D eigenvalue weighted by molar-refractivity contribution is 7.10. The van der Waals surface area contributed by atoms with Crippen LogP contribution in [-0.4, -0.2) is 19.0 Å². The third-order valence-corrected chi connectivity index (χ3v) is 5.49. The number of likely N-dealkylation sites (tertiary alicyclic amines) is 1. The Balaban J connectivity index is 1.67. The first-order chi connectivity index (χ1) is 10.6. The average molecular weight is 315 g/mol. The molecule has 1 fully saturated rings. The lowest BCUT2D eigenvalue weighted by Gasteiger charge is -2.20. The van der Waals surface area contributed by atoms with Gasteiger partial charge in [-0.2, -0.15) is 0 Å². The zero-order valence-electron chi connectivity index (χ0n) is 13.2. The molecule has 1 aliphatic rings. The van der Waals surface area contributed by atoms with E-state index < -0.39 is 0 Å². The fraction of sp³-hybridized carbons (Fsp3) is 0.389. The maximum atomic E-state index is 12.5. The van der Waals surface area contributed by atoms with Gasteiger partial charge in [-0.05, 0) is 36.4 Å². The minimum absolute atomic E-state index is 0.121. The average Bonchev–Trinajstić information content (AvgIpc) is 3.13. The third-order valence-electron chi connectivity index (χ3n) is 4.50. The van der Waals surface area contributed by atoms with Crippen LogP contribution in [-0.2, 0) is 4.79 Å². The maximum absolute atomic E-state index is 12.5. The number of aryl methyl sites for hydroxylation is 2. The molecule has 0 bridgehead atoms. The van der Waals surface area contributed by atoms with Crippen LogP contribution in [0.5, 0.6) is 0 Å². The zero-order valence-corrected chi connectivity index (χ0v) is 14.0. The summed E-state index contributed by atoms with van der Waals surface area (Å²) in [4.78, 5) is 15.3. The van der Waals surface area contributed by atoms with Crippen LogP contribution in [0.15, 0.2) is 35.7 Å². The van der Waals surface area contributed by atoms with Crippen molar-refractivity contribution in [2.24, 2.45) is 0 Å². The molecule has 1 amide bonds. The summed E-state index contributed by atoms with van der Waals surface area (Å²) in [5, 5.41) is 5.24. The van der Waals surface area contributed by atoms with Crippen molar-refractivity contribution >= 4 is 22.9 Å². The molecule has 1 aliphatic heterocycles. The number of hydrogen-bond donors (Lipinski definition) is 2. The number of benzene rings is 1. The lowest BCUT2D eigenvalue weighted by Crippen LogP contribution is -3.11. The van der Waals surface area contributed by atoms with Gasteiger partial charge in [-0.1, -0.05) is 24.3 Å². The van der Waals surface area contributed by atoms with Crippen LogP contribution in [0.2, 0.25) is 0 Å². The molecule has 0 saturated carbocycles. The van der Waals surface area contributed by atoms with Crippen molar-refractivity contribution in [3.8, 4) is 0 Å². The van der Waals surface area contributed by atoms with Gasteiger partial charge in [-0.15, -0.1) is 11.3 Å². The fourth-order valence-electron chi connectivity index (χ4n) is 3.36. The molecule has 1 aromatic heterocycles. The quantitative estimate of drug-likeness (QED) is 0.894. The molecule has 0 radical (unpaired) electrons. The van der Waals surface area contributed by atoms with E-state index in [4.69, 9.17) is 0 Å². The number of carbonyl (C=O) groups is 1. The van der Waals surface area contributed by atoms with Crippen molar-refractivity contribution < 1.29 is 9.69 Å². The first-order valence-electron chi connectivity index (χ1n) is 7.89. The van der Waals surface area contributed by atoms with E-state index in [0.717, 1.165) is 23.4 Å². The number of quaternary nitrogens is 1. The third kappa shape index (κ3) is 3.23. The van der Waals surface area contributed by atoms with Crippen molar-refractivity contribution in [2.45, 2.75) is 32.7 Å². The standard InChI is InChI=1S/C18H22N2OS/c1-13-6-3-7-14(2)18(13)19-17(21)12-20-10-4-8-15(20)16-9-5-11-22-16/h3,5-7,9,11,15H,4,8,10,12H2,1-2H3,(H,19,21)/p+1/t15-/m1/s1. The smallest absolute Gasteiger partial charge is 0.279 e. The molecular weight excluding hydrogens is 292 g/mol. The molecule has 22 heavy (non-hydrogen) atoms. The Morgan fingerprint density at radius 3 is 2.73 bits per heavy atom. The van der Waals surface area contributed by atoms with Gasteiger partial charge in [-0.25, -0.2) is 0 Å². The molecular formula is C18H23N2OS+. The molecule has 116 valence electrons. The van der Waals surface area contributed by atoms with E-state index in [-0.39, 0.29) is 5.91 Å². The Bertz CT molecular complexity index is 631. The molecule has 2 aromatic rings. The van der Waals surface area contributed by atoms with Crippen LogP contribution in [0.25, 0.3) is 0 Å². The van der Waals surface area contributed by atoms with Gasteiger partial charge < -0.3 is 10.2 Å². The van der Waals surface area contributed by atoms with Crippen LogP contribution in [0, 0.1) is 13.8 Å². The molecule has 1 saturated heterocycles. The van der Waals surface area contributed by atoms with E-state index in [1.807, 2.05) is 43.4 Å². The van der Waals surface area contributed by atoms with Crippen molar-refractivity contribution in [3.05, 3.63) is 51.7 Å². The highest BCUT2D eigenvalue weighted by atomic mass is 32.1. The molecule has 0 spiro atoms. The van der Waals surface area contributed by atoms with Gasteiger partial charge >= 0.3 is 0 Å². The number of amides is 1. The number of thiophene rings is 1. The highest BCUT2D eigenvalue weighted by Gasteiger charge is 2.32. The predicted molar refractivity (Wildman–Crippen MR) is 91.5 cm³/mol. The summed E-state index contributed by atoms with van der Waals surface area (Å²) in [6.45, 7) is 5.72. The molecule has 2 N–H and O–H groups in total. The Kier molecular flexibility index (Phi) is 4.60. The normalized spacial score (nSPS) is 21.0. The molecule has 3 nitrogen and oxygen atoms in total. The topological polar surface area (TPSA) is 33.5 Å². The van der Waals surface area contributed by atoms with E-state index in [0.29, 0.717) is 12.6 Å². The number of anilines is 1. The first kappa shape index (κ1) is 15.3. The lowest BCUT2D eigenvalue weighted by atomic mass is 10.1. The van der Waals surface area contributed by atoms with Gasteiger partial charge in [0.15, 0.2) is 6.54 Å². The number of nitrogens with one attached hydrogen (secondary N) is 2. The van der Waals surface area contributed by atoms with Crippen LogP contribution in [0.4, 0.5) is 5.69 Å². The lowest BCUT2D eigenvalue weighted by molar-refractivity contribution is -0.910. The molecule has 0 aliphatic carbocycles. The van der Waals surface area contributed by atoms with Gasteiger partial charge in [0, 0.05) is 18.5 Å². The summed E-state index contributed by atoms with van der Waals surface area (Å²) >= 11 is 1.81. The second-order valence-electron chi connectivity index (χ2n) is 6.11. The van der Waals surface area contributed by atoms with E-state index in [9.17, 15) is 4.79 Å². The minimum Gasteiger partial charge on any atom is -0.321 e. The molecule has 3 rings (SSSR count). The molecule has 1 unspecified atom stereocenters. The fourth-order valence-corrected chi connectivity index (χ4v) is 4.28. The largest absolute Gasteiger partial charge is 0.321 e. The van der Waals surface area contributed by atoms with Crippen molar-refractivity contribution in [1.29, 1.82) is 0 Å². The van der Waals surface area contributed by atoms with E-state index in [2.05, 4.69) is 22.8 Å². The summed E-state index contributed by atoms with van der Waals surface area (Å²) in [7, 11) is 0. The van der Waals surface area contributed by atoms with Crippen molar-refractivity contribution in [2.75, 3.05) is 18.4 Å². The molecule has 1 aromatic carbocycles. The number of rotatable bonds is 4. The Labute approximate surface area is 136 Å². The van der Waals surface area contributed by atoms with Crippen LogP contribution < -0.4 is 10.2 Å². The summed E-state index contributed by atoms with van der Waals surface area (Å²) < 4.78 is 0. The molecule has 2 heterocycles. The molecule has 2 atom stereocenters. The van der Waals surface area contributed by atoms with Crippen molar-refractivity contribution in [3.63, 3.8) is 0 Å². The van der Waals surface area contributed by atoms with Crippen LogP contribution in [0.1, 0.15) is 34.9 Å². The Morgan fingerprint density at radius 2 is 2.05 bits per heavy atom. The summed E-state index contributed by atoms with van der Waals surface area (Å²) in [6.07, 6.45) is 2.39. The van der Waals surface area contributed by atoms with Crippen LogP contribution in [0.3, 0.4) is 0 Å². The van der Waals surface area contributed by atoms with Gasteiger partial charge in [0.1, 0.15) is 6.04 Å². The highest BCUT2D eigenvalue weighted by Crippen LogP contribution is 2.23. The van der Waals surface area contributed by atoms with Gasteiger partial charge in [0.05, 0.1) is 11.4 Å². The second-order valence-corrected chi connectivity index (χ2v) is 7.09. The zero-order chi connectivity index (χ0) is 15.5. The van der Waals surface area contributed by atoms with Gasteiger partial charge in [-0.3, -0.25) is 4.79 Å². The maximum Gasteiger partial charge on any atom is 0.279 e. The Hall–Kier alpha value is -1.65. The monoisotopic (exact) mass is 315 g/mol. The number of carbonyl (C=O) groups excluding carboxylic acids is 1. The van der Waals surface area contributed by atoms with E-state index >= 15 is 0 Å². The van der Waals surface area contributed by atoms with E-state index in [1.165, 1.54) is 22.6 Å². The SMILES string of the molecule is Cc1cccc(C)c1NC(=O)C[NH+]1CCC[C@@H]1c1cccs1. The number of para-hydroxylation sites is 1. The van der Waals surface area contributed by atoms with Gasteiger partial charge in [0.2, 0.25) is 0 Å². The van der Waals surface area contributed by atoms with Crippen molar-refractivity contribution in [1.82, 2.24) is 0 Å². The second kappa shape index (κ2) is 6.63.